The summed E-state index contributed by atoms with van der Waals surface area (Å²) < 4.78 is 11.9. The molecule has 3 aromatic rings. The minimum atomic E-state index is -0.963. The number of carbonyl (C=O) groups is 2. The van der Waals surface area contributed by atoms with Crippen molar-refractivity contribution in [3.05, 3.63) is 87.2 Å². The van der Waals surface area contributed by atoms with Gasteiger partial charge in [-0.2, -0.15) is 5.10 Å². The molecule has 1 N–H and O–H groups in total. The number of hydrogen-bond donors (Lipinski definition) is 1. The fourth-order valence-electron chi connectivity index (χ4n) is 3.14. The maximum atomic E-state index is 12.3. The molecule has 1 aromatic heterocycles. The van der Waals surface area contributed by atoms with Crippen molar-refractivity contribution in [3.63, 3.8) is 0 Å². The highest BCUT2D eigenvalue weighted by Gasteiger charge is 2.17. The van der Waals surface area contributed by atoms with Crippen LogP contribution in [0.4, 0.5) is 0 Å². The molecule has 9 heteroatoms. The molecular formula is C25H25Cl2N3O4. The largest absolute Gasteiger partial charge is 0.497 e. The number of nitrogens with one attached hydrogen (secondary N) is 1. The van der Waals surface area contributed by atoms with Gasteiger partial charge in [-0.25, -0.2) is 9.48 Å². The van der Waals surface area contributed by atoms with E-state index >= 15 is 0 Å². The summed E-state index contributed by atoms with van der Waals surface area (Å²) in [5.41, 5.74) is 3.00. The minimum absolute atomic E-state index is 0.306. The van der Waals surface area contributed by atoms with E-state index in [1.807, 2.05) is 30.3 Å². The van der Waals surface area contributed by atoms with Crippen molar-refractivity contribution in [1.82, 2.24) is 15.1 Å². The van der Waals surface area contributed by atoms with Crippen LogP contribution < -0.4 is 10.1 Å². The zero-order valence-electron chi connectivity index (χ0n) is 19.0. The van der Waals surface area contributed by atoms with E-state index in [1.54, 1.807) is 36.9 Å². The molecule has 0 aliphatic heterocycles. The highest BCUT2D eigenvalue weighted by atomic mass is 35.5. The summed E-state index contributed by atoms with van der Waals surface area (Å²) in [7, 11) is 1.59. The second-order valence-electron chi connectivity index (χ2n) is 7.52. The summed E-state index contributed by atoms with van der Waals surface area (Å²) in [4.78, 5) is 24.5. The lowest BCUT2D eigenvalue weighted by molar-refractivity contribution is -0.150. The monoisotopic (exact) mass is 501 g/mol. The van der Waals surface area contributed by atoms with Crippen LogP contribution in [-0.2, 0) is 27.4 Å². The van der Waals surface area contributed by atoms with E-state index in [9.17, 15) is 9.59 Å². The SMILES string of the molecule is COc1ccc(CNC(=O)C(C)OC(=O)C=Cc2c(C)nn(Cc3ccccc3Cl)c2Cl)cc1. The summed E-state index contributed by atoms with van der Waals surface area (Å²) in [5.74, 6) is -0.338. The van der Waals surface area contributed by atoms with Crippen LogP contribution in [0.1, 0.15) is 29.3 Å². The third-order valence-electron chi connectivity index (χ3n) is 5.06. The van der Waals surface area contributed by atoms with E-state index in [0.29, 0.717) is 34.5 Å². The van der Waals surface area contributed by atoms with Crippen molar-refractivity contribution >= 4 is 41.2 Å². The number of aryl methyl sites for hydroxylation is 1. The Kier molecular flexibility index (Phi) is 8.73. The zero-order chi connectivity index (χ0) is 24.7. The summed E-state index contributed by atoms with van der Waals surface area (Å²) in [6, 6.07) is 14.7. The molecule has 1 heterocycles. The Morgan fingerprint density at radius 3 is 2.53 bits per heavy atom. The first-order valence-corrected chi connectivity index (χ1v) is 11.3. The number of methoxy groups -OCH3 is 1. The van der Waals surface area contributed by atoms with Crippen LogP contribution in [0.2, 0.25) is 10.2 Å². The minimum Gasteiger partial charge on any atom is -0.497 e. The van der Waals surface area contributed by atoms with E-state index < -0.39 is 18.0 Å². The van der Waals surface area contributed by atoms with Crippen LogP contribution in [-0.4, -0.2) is 34.9 Å². The molecule has 0 fully saturated rings. The molecule has 0 saturated heterocycles. The van der Waals surface area contributed by atoms with Gasteiger partial charge in [-0.05, 0) is 49.2 Å². The number of carbonyl (C=O) groups excluding carboxylic acids is 2. The number of aromatic nitrogens is 2. The van der Waals surface area contributed by atoms with Gasteiger partial charge in [0.05, 0.1) is 19.3 Å². The highest BCUT2D eigenvalue weighted by molar-refractivity contribution is 6.32. The first-order valence-electron chi connectivity index (χ1n) is 10.5. The van der Waals surface area contributed by atoms with Crippen molar-refractivity contribution in [1.29, 1.82) is 0 Å². The number of hydrogen-bond acceptors (Lipinski definition) is 5. The topological polar surface area (TPSA) is 82.4 Å². The fourth-order valence-corrected chi connectivity index (χ4v) is 3.64. The number of halogens is 2. The molecule has 0 spiro atoms. The highest BCUT2D eigenvalue weighted by Crippen LogP contribution is 2.24. The Labute approximate surface area is 208 Å². The Bertz CT molecular complexity index is 1190. The van der Waals surface area contributed by atoms with Gasteiger partial charge in [0.15, 0.2) is 6.10 Å². The normalized spacial score (nSPS) is 11.9. The van der Waals surface area contributed by atoms with Gasteiger partial charge >= 0.3 is 5.97 Å². The van der Waals surface area contributed by atoms with E-state index in [2.05, 4.69) is 10.4 Å². The first kappa shape index (κ1) is 25.3. The van der Waals surface area contributed by atoms with Gasteiger partial charge in [0.25, 0.3) is 5.91 Å². The molecular weight excluding hydrogens is 477 g/mol. The van der Waals surface area contributed by atoms with Gasteiger partial charge in [-0.1, -0.05) is 53.5 Å². The van der Waals surface area contributed by atoms with Crippen LogP contribution in [0.5, 0.6) is 5.75 Å². The molecule has 1 unspecified atom stereocenters. The van der Waals surface area contributed by atoms with Gasteiger partial charge in [0.2, 0.25) is 0 Å². The number of esters is 1. The lowest BCUT2D eigenvalue weighted by atomic mass is 10.2. The Balaban J connectivity index is 1.56. The molecule has 1 amide bonds. The number of amides is 1. The van der Waals surface area contributed by atoms with Gasteiger partial charge in [-0.15, -0.1) is 0 Å². The Hall–Kier alpha value is -3.29. The Morgan fingerprint density at radius 2 is 1.85 bits per heavy atom. The number of benzene rings is 2. The average molecular weight is 502 g/mol. The van der Waals surface area contributed by atoms with Crippen molar-refractivity contribution < 1.29 is 19.1 Å². The van der Waals surface area contributed by atoms with E-state index in [0.717, 1.165) is 16.9 Å². The number of ether oxygens (including phenoxy) is 2. The molecule has 1 atom stereocenters. The van der Waals surface area contributed by atoms with Gasteiger partial charge in [0.1, 0.15) is 10.9 Å². The van der Waals surface area contributed by atoms with Gasteiger partial charge < -0.3 is 14.8 Å². The average Bonchev–Trinajstić information content (AvgIpc) is 3.09. The molecule has 0 bridgehead atoms. The zero-order valence-corrected chi connectivity index (χ0v) is 20.6. The quantitative estimate of drug-likeness (QED) is 0.335. The smallest absolute Gasteiger partial charge is 0.331 e. The molecule has 0 saturated carbocycles. The molecule has 7 nitrogen and oxygen atoms in total. The van der Waals surface area contributed by atoms with Crippen LogP contribution in [0, 0.1) is 6.92 Å². The van der Waals surface area contributed by atoms with E-state index in [-0.39, 0.29) is 0 Å². The molecule has 178 valence electrons. The van der Waals surface area contributed by atoms with E-state index in [4.69, 9.17) is 32.7 Å². The summed E-state index contributed by atoms with van der Waals surface area (Å²) in [5, 5.41) is 8.15. The third-order valence-corrected chi connectivity index (χ3v) is 5.83. The van der Waals surface area contributed by atoms with Gasteiger partial charge in [0, 0.05) is 23.2 Å². The summed E-state index contributed by atoms with van der Waals surface area (Å²) in [6.45, 7) is 3.99. The summed E-state index contributed by atoms with van der Waals surface area (Å²) in [6.07, 6.45) is 1.79. The maximum absolute atomic E-state index is 12.3. The van der Waals surface area contributed by atoms with Crippen LogP contribution in [0.3, 0.4) is 0 Å². The van der Waals surface area contributed by atoms with Crippen molar-refractivity contribution in [2.24, 2.45) is 0 Å². The lowest BCUT2D eigenvalue weighted by Gasteiger charge is -2.12. The van der Waals surface area contributed by atoms with Crippen molar-refractivity contribution in [3.8, 4) is 5.75 Å². The second kappa shape index (κ2) is 11.7. The molecule has 34 heavy (non-hydrogen) atoms. The molecule has 0 aliphatic carbocycles. The molecule has 0 aliphatic rings. The van der Waals surface area contributed by atoms with E-state index in [1.165, 1.54) is 19.1 Å². The molecule has 3 rings (SSSR count). The first-order chi connectivity index (χ1) is 16.3. The summed E-state index contributed by atoms with van der Waals surface area (Å²) >= 11 is 12.7. The number of nitrogens with zero attached hydrogens (tertiary/aromatic N) is 2. The Morgan fingerprint density at radius 1 is 1.15 bits per heavy atom. The molecule has 2 aromatic carbocycles. The van der Waals surface area contributed by atoms with Crippen LogP contribution >= 0.6 is 23.2 Å². The van der Waals surface area contributed by atoms with Crippen molar-refractivity contribution in [2.45, 2.75) is 33.0 Å². The van der Waals surface area contributed by atoms with Gasteiger partial charge in [-0.3, -0.25) is 4.79 Å². The standard InChI is InChI=1S/C25H25Cl2N3O4/c1-16-21(24(27)30(29-16)15-19-6-4-5-7-22(19)26)12-13-23(31)34-17(2)25(32)28-14-18-8-10-20(33-3)11-9-18/h4-13,17H,14-15H2,1-3H3,(H,28,32). The number of rotatable bonds is 9. The fraction of sp³-hybridized carbons (Fsp3) is 0.240. The second-order valence-corrected chi connectivity index (χ2v) is 8.28. The maximum Gasteiger partial charge on any atom is 0.331 e. The lowest BCUT2D eigenvalue weighted by Crippen LogP contribution is -2.35. The third kappa shape index (κ3) is 6.62. The van der Waals surface area contributed by atoms with Crippen LogP contribution in [0.25, 0.3) is 6.08 Å². The van der Waals surface area contributed by atoms with Crippen molar-refractivity contribution in [2.75, 3.05) is 7.11 Å². The molecule has 0 radical (unpaired) electrons. The van der Waals surface area contributed by atoms with Crippen LogP contribution in [0.15, 0.2) is 54.6 Å². The predicted molar refractivity (Wildman–Crippen MR) is 132 cm³/mol. The predicted octanol–water partition coefficient (Wildman–Crippen LogP) is 4.82.